The molecule has 0 aromatic heterocycles. The molecular weight excluding hydrogens is 228 g/mol. The molecule has 0 aliphatic carbocycles. The van der Waals surface area contributed by atoms with Crippen LogP contribution < -0.4 is 0 Å². The predicted molar refractivity (Wildman–Crippen MR) is 71.9 cm³/mol. The molecule has 0 atom stereocenters. The van der Waals surface area contributed by atoms with Gasteiger partial charge in [-0.05, 0) is 34.1 Å². The van der Waals surface area contributed by atoms with Gasteiger partial charge in [-0.1, -0.05) is 47.6 Å². The molecule has 1 aromatic rings. The zero-order chi connectivity index (χ0) is 14.1. The Morgan fingerprint density at radius 1 is 0.944 bits per heavy atom. The van der Waals surface area contributed by atoms with Crippen LogP contribution in [0.15, 0.2) is 18.2 Å². The van der Waals surface area contributed by atoms with Crippen molar-refractivity contribution in [3.05, 3.63) is 34.9 Å². The van der Waals surface area contributed by atoms with Crippen molar-refractivity contribution < 1.29 is 14.9 Å². The standard InChI is InChI=1S/C15H22O3/c1-14(2,3)11-7-10(13(16)18-17)8-12(9-11)15(4,5)6/h7-9,17H,1-6H3. The quantitative estimate of drug-likeness (QED) is 0.607. The van der Waals surface area contributed by atoms with Gasteiger partial charge in [-0.15, -0.1) is 0 Å². The third-order valence-corrected chi connectivity index (χ3v) is 2.98. The lowest BCUT2D eigenvalue weighted by atomic mass is 9.79. The number of carbonyl (C=O) groups is 1. The molecule has 0 saturated heterocycles. The summed E-state index contributed by atoms with van der Waals surface area (Å²) >= 11 is 0. The summed E-state index contributed by atoms with van der Waals surface area (Å²) in [5.41, 5.74) is 2.36. The fourth-order valence-electron chi connectivity index (χ4n) is 1.66. The van der Waals surface area contributed by atoms with Crippen molar-refractivity contribution in [1.29, 1.82) is 0 Å². The van der Waals surface area contributed by atoms with Gasteiger partial charge in [0, 0.05) is 0 Å². The van der Waals surface area contributed by atoms with Crippen LogP contribution in [0.2, 0.25) is 0 Å². The van der Waals surface area contributed by atoms with Gasteiger partial charge in [-0.2, -0.15) is 5.26 Å². The van der Waals surface area contributed by atoms with Crippen molar-refractivity contribution in [3.63, 3.8) is 0 Å². The highest BCUT2D eigenvalue weighted by Crippen LogP contribution is 2.30. The third-order valence-electron chi connectivity index (χ3n) is 2.98. The second-order valence-corrected chi connectivity index (χ2v) is 6.68. The Kier molecular flexibility index (Phi) is 3.86. The van der Waals surface area contributed by atoms with E-state index in [2.05, 4.69) is 52.5 Å². The Labute approximate surface area is 109 Å². The van der Waals surface area contributed by atoms with Crippen molar-refractivity contribution in [2.24, 2.45) is 0 Å². The molecule has 0 unspecified atom stereocenters. The molecule has 0 heterocycles. The molecule has 0 aliphatic heterocycles. The van der Waals surface area contributed by atoms with Gasteiger partial charge < -0.3 is 0 Å². The summed E-state index contributed by atoms with van der Waals surface area (Å²) in [5.74, 6) is -0.716. The maximum absolute atomic E-state index is 11.5. The number of hydrogen-bond acceptors (Lipinski definition) is 3. The average Bonchev–Trinajstić information content (AvgIpc) is 2.25. The molecule has 3 heteroatoms. The van der Waals surface area contributed by atoms with E-state index in [-0.39, 0.29) is 10.8 Å². The molecule has 0 radical (unpaired) electrons. The first-order chi connectivity index (χ1) is 8.05. The molecule has 0 aliphatic rings. The zero-order valence-electron chi connectivity index (χ0n) is 12.0. The van der Waals surface area contributed by atoms with E-state index in [0.717, 1.165) is 11.1 Å². The lowest BCUT2D eigenvalue weighted by molar-refractivity contribution is -0.182. The van der Waals surface area contributed by atoms with E-state index in [9.17, 15) is 4.79 Å². The molecule has 0 saturated carbocycles. The summed E-state index contributed by atoms with van der Waals surface area (Å²) in [6.07, 6.45) is 0. The van der Waals surface area contributed by atoms with Crippen molar-refractivity contribution in [3.8, 4) is 0 Å². The van der Waals surface area contributed by atoms with Crippen molar-refractivity contribution >= 4 is 5.97 Å². The van der Waals surface area contributed by atoms with Crippen molar-refractivity contribution in [2.45, 2.75) is 52.4 Å². The van der Waals surface area contributed by atoms with E-state index in [0.29, 0.717) is 5.56 Å². The molecular formula is C15H22O3. The first-order valence-electron chi connectivity index (χ1n) is 6.07. The van der Waals surface area contributed by atoms with E-state index in [1.54, 1.807) is 12.1 Å². The summed E-state index contributed by atoms with van der Waals surface area (Å²) in [7, 11) is 0. The summed E-state index contributed by atoms with van der Waals surface area (Å²) in [6, 6.07) is 5.65. The maximum Gasteiger partial charge on any atom is 0.372 e. The molecule has 1 aromatic carbocycles. The van der Waals surface area contributed by atoms with Crippen LogP contribution in [-0.4, -0.2) is 11.2 Å². The minimum absolute atomic E-state index is 0.0637. The van der Waals surface area contributed by atoms with Gasteiger partial charge in [-0.25, -0.2) is 4.79 Å². The number of carbonyl (C=O) groups excluding carboxylic acids is 1. The summed E-state index contributed by atoms with van der Waals surface area (Å²) < 4.78 is 0. The molecule has 3 nitrogen and oxygen atoms in total. The molecule has 1 rings (SSSR count). The van der Waals surface area contributed by atoms with Crippen LogP contribution in [0.4, 0.5) is 0 Å². The zero-order valence-corrected chi connectivity index (χ0v) is 12.0. The van der Waals surface area contributed by atoms with E-state index in [1.807, 2.05) is 0 Å². The van der Waals surface area contributed by atoms with Gasteiger partial charge in [0.05, 0.1) is 5.56 Å². The smallest absolute Gasteiger partial charge is 0.296 e. The Morgan fingerprint density at radius 2 is 1.33 bits per heavy atom. The Bertz CT molecular complexity index is 416. The molecule has 1 N–H and O–H groups in total. The first-order valence-corrected chi connectivity index (χ1v) is 6.07. The van der Waals surface area contributed by atoms with Crippen molar-refractivity contribution in [2.75, 3.05) is 0 Å². The third kappa shape index (κ3) is 3.33. The Morgan fingerprint density at radius 3 is 1.61 bits per heavy atom. The average molecular weight is 250 g/mol. The molecule has 0 amide bonds. The molecule has 100 valence electrons. The number of rotatable bonds is 1. The number of hydrogen-bond donors (Lipinski definition) is 1. The van der Waals surface area contributed by atoms with E-state index >= 15 is 0 Å². The van der Waals surface area contributed by atoms with Crippen LogP contribution in [0.1, 0.15) is 63.0 Å². The van der Waals surface area contributed by atoms with Crippen LogP contribution in [0.5, 0.6) is 0 Å². The first kappa shape index (κ1) is 14.7. The summed E-state index contributed by atoms with van der Waals surface area (Å²) in [4.78, 5) is 15.3. The van der Waals surface area contributed by atoms with Crippen LogP contribution in [0, 0.1) is 0 Å². The van der Waals surface area contributed by atoms with Gasteiger partial charge in [0.15, 0.2) is 0 Å². The van der Waals surface area contributed by atoms with Crippen LogP contribution in [0.25, 0.3) is 0 Å². The van der Waals surface area contributed by atoms with Crippen LogP contribution >= 0.6 is 0 Å². The molecule has 18 heavy (non-hydrogen) atoms. The van der Waals surface area contributed by atoms with Gasteiger partial charge in [0.2, 0.25) is 0 Å². The topological polar surface area (TPSA) is 46.5 Å². The summed E-state index contributed by atoms with van der Waals surface area (Å²) in [5, 5.41) is 8.53. The highest BCUT2D eigenvalue weighted by atomic mass is 17.1. The minimum Gasteiger partial charge on any atom is -0.296 e. The second kappa shape index (κ2) is 4.73. The Balaban J connectivity index is 3.44. The molecule has 0 bridgehead atoms. The maximum atomic E-state index is 11.5. The fraction of sp³-hybridized carbons (Fsp3) is 0.533. The normalized spacial score (nSPS) is 12.4. The molecule has 0 fully saturated rings. The van der Waals surface area contributed by atoms with Crippen LogP contribution in [-0.2, 0) is 15.7 Å². The van der Waals surface area contributed by atoms with E-state index in [4.69, 9.17) is 5.26 Å². The second-order valence-electron chi connectivity index (χ2n) is 6.68. The predicted octanol–water partition coefficient (Wildman–Crippen LogP) is 3.91. The fourth-order valence-corrected chi connectivity index (χ4v) is 1.66. The highest BCUT2D eigenvalue weighted by molar-refractivity contribution is 5.89. The van der Waals surface area contributed by atoms with Crippen LogP contribution in [0.3, 0.4) is 0 Å². The number of benzene rings is 1. The highest BCUT2D eigenvalue weighted by Gasteiger charge is 2.22. The van der Waals surface area contributed by atoms with Gasteiger partial charge in [-0.3, -0.25) is 4.89 Å². The lowest BCUT2D eigenvalue weighted by Crippen LogP contribution is -2.18. The summed E-state index contributed by atoms with van der Waals surface area (Å²) in [6.45, 7) is 12.5. The van der Waals surface area contributed by atoms with Gasteiger partial charge >= 0.3 is 5.97 Å². The van der Waals surface area contributed by atoms with Gasteiger partial charge in [0.1, 0.15) is 0 Å². The SMILES string of the molecule is CC(C)(C)c1cc(C(=O)OO)cc(C(C)(C)C)c1. The van der Waals surface area contributed by atoms with E-state index < -0.39 is 5.97 Å². The lowest BCUT2D eigenvalue weighted by Gasteiger charge is -2.25. The minimum atomic E-state index is -0.716. The van der Waals surface area contributed by atoms with Crippen molar-refractivity contribution in [1.82, 2.24) is 0 Å². The Hall–Kier alpha value is -1.35. The monoisotopic (exact) mass is 250 g/mol. The van der Waals surface area contributed by atoms with Gasteiger partial charge in [0.25, 0.3) is 0 Å². The molecule has 0 spiro atoms. The van der Waals surface area contributed by atoms with E-state index in [1.165, 1.54) is 0 Å². The largest absolute Gasteiger partial charge is 0.372 e.